The van der Waals surface area contributed by atoms with E-state index in [2.05, 4.69) is 0 Å². The molecule has 1 aliphatic heterocycles. The van der Waals surface area contributed by atoms with Crippen molar-refractivity contribution in [3.63, 3.8) is 0 Å². The molecular weight excluding hydrogens is 288 g/mol. The number of hydrogen-bond donors (Lipinski definition) is 1. The van der Waals surface area contributed by atoms with Gasteiger partial charge >= 0.3 is 0 Å². The van der Waals surface area contributed by atoms with Crippen LogP contribution < -0.4 is 5.73 Å². The lowest BCUT2D eigenvalue weighted by Gasteiger charge is -2.35. The molecule has 114 valence electrons. The average Bonchev–Trinajstić information content (AvgIpc) is 2.93. The van der Waals surface area contributed by atoms with Crippen LogP contribution in [0.15, 0.2) is 24.3 Å². The van der Waals surface area contributed by atoms with Crippen LogP contribution in [0.4, 0.5) is 0 Å². The number of rotatable bonds is 2. The first-order chi connectivity index (χ1) is 10.2. The van der Waals surface area contributed by atoms with Crippen molar-refractivity contribution < 1.29 is 9.53 Å². The highest BCUT2D eigenvalue weighted by Crippen LogP contribution is 2.31. The van der Waals surface area contributed by atoms with Gasteiger partial charge in [-0.1, -0.05) is 36.2 Å². The fourth-order valence-corrected chi connectivity index (χ4v) is 3.56. The van der Waals surface area contributed by atoms with Gasteiger partial charge in [0.15, 0.2) is 0 Å². The van der Waals surface area contributed by atoms with E-state index in [4.69, 9.17) is 22.1 Å². The maximum Gasteiger partial charge on any atom is 0.227 e. The zero-order chi connectivity index (χ0) is 14.8. The van der Waals surface area contributed by atoms with Gasteiger partial charge in [0.25, 0.3) is 0 Å². The van der Waals surface area contributed by atoms with Crippen LogP contribution in [-0.4, -0.2) is 36.5 Å². The number of nitrogens with zero attached hydrogens (tertiary/aromatic N) is 1. The van der Waals surface area contributed by atoms with Crippen molar-refractivity contribution >= 4 is 17.5 Å². The maximum absolute atomic E-state index is 12.6. The maximum atomic E-state index is 12.6. The number of halogens is 1. The van der Waals surface area contributed by atoms with Crippen LogP contribution in [0.3, 0.4) is 0 Å². The molecule has 1 aromatic carbocycles. The van der Waals surface area contributed by atoms with Gasteiger partial charge in [-0.25, -0.2) is 0 Å². The predicted octanol–water partition coefficient (Wildman–Crippen LogP) is 2.37. The van der Waals surface area contributed by atoms with E-state index >= 15 is 0 Å². The molecule has 0 aromatic heterocycles. The van der Waals surface area contributed by atoms with Crippen molar-refractivity contribution in [2.24, 2.45) is 11.7 Å². The lowest BCUT2D eigenvalue weighted by Crippen LogP contribution is -2.47. The van der Waals surface area contributed by atoms with Crippen LogP contribution in [0.2, 0.25) is 5.02 Å². The highest BCUT2D eigenvalue weighted by molar-refractivity contribution is 6.31. The van der Waals surface area contributed by atoms with Gasteiger partial charge in [-0.05, 0) is 18.9 Å². The molecule has 1 aliphatic carbocycles. The van der Waals surface area contributed by atoms with Crippen LogP contribution in [0.1, 0.15) is 30.9 Å². The molecule has 3 rings (SSSR count). The molecule has 0 bridgehead atoms. The number of benzene rings is 1. The topological polar surface area (TPSA) is 55.6 Å². The number of hydrogen-bond acceptors (Lipinski definition) is 3. The summed E-state index contributed by atoms with van der Waals surface area (Å²) in [5.74, 6) is 0.162. The Labute approximate surface area is 130 Å². The minimum absolute atomic E-state index is 0.0131. The van der Waals surface area contributed by atoms with Crippen LogP contribution >= 0.6 is 11.6 Å². The summed E-state index contributed by atoms with van der Waals surface area (Å²) < 4.78 is 5.81. The standard InChI is InChI=1S/C16H21ClN2O2/c17-13-6-2-1-4-11(13)15-10-19(8-9-21-15)16(20)12-5-3-7-14(12)18/h1-2,4,6,12,14-15H,3,5,7-10,18H2/t12-,14+,15+/m0/s1. The quantitative estimate of drug-likeness (QED) is 0.912. The predicted molar refractivity (Wildman–Crippen MR) is 82.0 cm³/mol. The zero-order valence-corrected chi connectivity index (χ0v) is 12.8. The van der Waals surface area contributed by atoms with Crippen molar-refractivity contribution in [2.75, 3.05) is 19.7 Å². The van der Waals surface area contributed by atoms with E-state index in [1.807, 2.05) is 29.2 Å². The van der Waals surface area contributed by atoms with Crippen molar-refractivity contribution in [3.8, 4) is 0 Å². The molecule has 3 atom stereocenters. The van der Waals surface area contributed by atoms with Crippen molar-refractivity contribution in [3.05, 3.63) is 34.9 Å². The number of carbonyl (C=O) groups excluding carboxylic acids is 1. The molecule has 21 heavy (non-hydrogen) atoms. The number of carbonyl (C=O) groups is 1. The Kier molecular flexibility index (Phi) is 4.48. The second kappa shape index (κ2) is 6.34. The van der Waals surface area contributed by atoms with Crippen LogP contribution in [0.5, 0.6) is 0 Å². The highest BCUT2D eigenvalue weighted by Gasteiger charge is 2.35. The Hall–Kier alpha value is -1.10. The molecule has 1 saturated carbocycles. The largest absolute Gasteiger partial charge is 0.370 e. The summed E-state index contributed by atoms with van der Waals surface area (Å²) in [5, 5.41) is 0.689. The van der Waals surface area contributed by atoms with Gasteiger partial charge in [0.1, 0.15) is 6.10 Å². The fraction of sp³-hybridized carbons (Fsp3) is 0.562. The van der Waals surface area contributed by atoms with Crippen molar-refractivity contribution in [1.29, 1.82) is 0 Å². The number of morpholine rings is 1. The number of nitrogens with two attached hydrogens (primary N) is 1. The van der Waals surface area contributed by atoms with Crippen LogP contribution in [0, 0.1) is 5.92 Å². The highest BCUT2D eigenvalue weighted by atomic mass is 35.5. The third-order valence-electron chi connectivity index (χ3n) is 4.52. The molecule has 0 spiro atoms. The molecular formula is C16H21ClN2O2. The fourth-order valence-electron chi connectivity index (χ4n) is 3.30. The third kappa shape index (κ3) is 3.07. The summed E-state index contributed by atoms with van der Waals surface area (Å²) >= 11 is 6.23. The first-order valence-electron chi connectivity index (χ1n) is 7.57. The summed E-state index contributed by atoms with van der Waals surface area (Å²) in [5.41, 5.74) is 7.01. The Balaban J connectivity index is 1.71. The summed E-state index contributed by atoms with van der Waals surface area (Å²) in [6, 6.07) is 7.67. The van der Waals surface area contributed by atoms with E-state index in [1.54, 1.807) is 0 Å². The van der Waals surface area contributed by atoms with Crippen LogP contribution in [-0.2, 0) is 9.53 Å². The van der Waals surface area contributed by atoms with E-state index in [1.165, 1.54) is 0 Å². The van der Waals surface area contributed by atoms with Gasteiger partial charge < -0.3 is 15.4 Å². The van der Waals surface area contributed by atoms with Crippen molar-refractivity contribution in [1.82, 2.24) is 4.90 Å². The molecule has 1 aromatic rings. The third-order valence-corrected chi connectivity index (χ3v) is 4.86. The second-order valence-corrected chi connectivity index (χ2v) is 6.27. The second-order valence-electron chi connectivity index (χ2n) is 5.87. The van der Waals surface area contributed by atoms with Gasteiger partial charge in [-0.15, -0.1) is 0 Å². The number of amides is 1. The van der Waals surface area contributed by atoms with E-state index in [9.17, 15) is 4.79 Å². The summed E-state index contributed by atoms with van der Waals surface area (Å²) in [6.45, 7) is 1.75. The zero-order valence-electron chi connectivity index (χ0n) is 12.0. The Morgan fingerprint density at radius 3 is 2.86 bits per heavy atom. The molecule has 0 radical (unpaired) electrons. The minimum Gasteiger partial charge on any atom is -0.370 e. The van der Waals surface area contributed by atoms with Crippen LogP contribution in [0.25, 0.3) is 0 Å². The molecule has 1 amide bonds. The lowest BCUT2D eigenvalue weighted by atomic mass is 10.0. The van der Waals surface area contributed by atoms with Crippen molar-refractivity contribution in [2.45, 2.75) is 31.4 Å². The number of ether oxygens (including phenoxy) is 1. The molecule has 4 nitrogen and oxygen atoms in total. The average molecular weight is 309 g/mol. The van der Waals surface area contributed by atoms with E-state index in [0.29, 0.717) is 24.7 Å². The molecule has 2 fully saturated rings. The Morgan fingerprint density at radius 1 is 1.33 bits per heavy atom. The van der Waals surface area contributed by atoms with Gasteiger partial charge in [0.05, 0.1) is 19.1 Å². The molecule has 2 N–H and O–H groups in total. The monoisotopic (exact) mass is 308 g/mol. The Bertz CT molecular complexity index is 523. The minimum atomic E-state index is -0.144. The lowest BCUT2D eigenvalue weighted by molar-refractivity contribution is -0.143. The summed E-state index contributed by atoms with van der Waals surface area (Å²) in [6.07, 6.45) is 2.77. The first kappa shape index (κ1) is 14.8. The molecule has 1 heterocycles. The molecule has 1 saturated heterocycles. The van der Waals surface area contributed by atoms with E-state index in [0.717, 1.165) is 24.8 Å². The summed E-state index contributed by atoms with van der Waals surface area (Å²) in [4.78, 5) is 14.5. The van der Waals surface area contributed by atoms with Gasteiger partial charge in [-0.3, -0.25) is 4.79 Å². The molecule has 5 heteroatoms. The Morgan fingerprint density at radius 2 is 2.14 bits per heavy atom. The normalized spacial score (nSPS) is 29.6. The van der Waals surface area contributed by atoms with Gasteiger partial charge in [-0.2, -0.15) is 0 Å². The molecule has 2 aliphatic rings. The SMILES string of the molecule is N[C@@H]1CCC[C@@H]1C(=O)N1CCO[C@@H](c2ccccc2Cl)C1. The van der Waals surface area contributed by atoms with E-state index < -0.39 is 0 Å². The van der Waals surface area contributed by atoms with Gasteiger partial charge in [0, 0.05) is 23.2 Å². The van der Waals surface area contributed by atoms with E-state index in [-0.39, 0.29) is 24.0 Å². The first-order valence-corrected chi connectivity index (χ1v) is 7.95. The summed E-state index contributed by atoms with van der Waals surface area (Å²) in [7, 11) is 0. The van der Waals surface area contributed by atoms with Gasteiger partial charge in [0.2, 0.25) is 5.91 Å². The smallest absolute Gasteiger partial charge is 0.227 e. The molecule has 0 unspecified atom stereocenters.